The molecule has 6 nitrogen and oxygen atoms in total. The third-order valence-electron chi connectivity index (χ3n) is 2.35. The molecule has 0 bridgehead atoms. The van der Waals surface area contributed by atoms with Crippen LogP contribution in [0.4, 0.5) is 5.95 Å². The van der Waals surface area contributed by atoms with Crippen LogP contribution in [0.25, 0.3) is 11.4 Å². The van der Waals surface area contributed by atoms with Gasteiger partial charge in [0.15, 0.2) is 5.82 Å². The molecule has 2 rings (SSSR count). The topological polar surface area (TPSA) is 80.2 Å². The molecule has 2 N–H and O–H groups in total. The van der Waals surface area contributed by atoms with Crippen LogP contribution in [0.3, 0.4) is 0 Å². The third kappa shape index (κ3) is 2.48. The van der Waals surface area contributed by atoms with Crippen molar-refractivity contribution in [3.63, 3.8) is 0 Å². The Morgan fingerprint density at radius 3 is 2.89 bits per heavy atom. The normalized spacial score (nSPS) is 10.1. The Morgan fingerprint density at radius 2 is 2.17 bits per heavy atom. The van der Waals surface area contributed by atoms with Gasteiger partial charge in [0.05, 0.1) is 12.7 Å². The van der Waals surface area contributed by atoms with Crippen molar-refractivity contribution >= 4 is 5.95 Å². The zero-order valence-electron chi connectivity index (χ0n) is 10.2. The first kappa shape index (κ1) is 12.1. The molecule has 0 aliphatic heterocycles. The number of aromatic hydroxyl groups is 1. The van der Waals surface area contributed by atoms with Crippen molar-refractivity contribution in [2.75, 3.05) is 19.0 Å². The van der Waals surface area contributed by atoms with Crippen LogP contribution in [0, 0.1) is 0 Å². The molecule has 1 heterocycles. The highest BCUT2D eigenvalue weighted by molar-refractivity contribution is 5.66. The van der Waals surface area contributed by atoms with Crippen molar-refractivity contribution in [1.82, 2.24) is 15.0 Å². The first-order chi connectivity index (χ1) is 8.74. The maximum atomic E-state index is 9.83. The molecule has 18 heavy (non-hydrogen) atoms. The van der Waals surface area contributed by atoms with Gasteiger partial charge in [-0.15, -0.1) is 0 Å². The average Bonchev–Trinajstić information content (AvgIpc) is 2.40. The van der Waals surface area contributed by atoms with Crippen LogP contribution in [0.5, 0.6) is 11.5 Å². The van der Waals surface area contributed by atoms with Crippen molar-refractivity contribution < 1.29 is 9.84 Å². The fraction of sp³-hybridized carbons (Fsp3) is 0.250. The van der Waals surface area contributed by atoms with Gasteiger partial charge in [-0.3, -0.25) is 0 Å². The number of aromatic nitrogens is 3. The monoisotopic (exact) mass is 246 g/mol. The Kier molecular flexibility index (Phi) is 3.57. The summed E-state index contributed by atoms with van der Waals surface area (Å²) in [7, 11) is 1.56. The first-order valence-electron chi connectivity index (χ1n) is 5.55. The van der Waals surface area contributed by atoms with E-state index in [0.717, 1.165) is 0 Å². The van der Waals surface area contributed by atoms with E-state index < -0.39 is 0 Å². The lowest BCUT2D eigenvalue weighted by atomic mass is 10.2. The number of nitrogens with one attached hydrogen (secondary N) is 1. The van der Waals surface area contributed by atoms with Crippen molar-refractivity contribution in [3.05, 3.63) is 24.5 Å². The molecule has 0 fully saturated rings. The molecule has 1 aromatic heterocycles. The summed E-state index contributed by atoms with van der Waals surface area (Å²) in [6.45, 7) is 2.67. The van der Waals surface area contributed by atoms with Crippen LogP contribution in [0.2, 0.25) is 0 Å². The molecule has 0 atom stereocenters. The second kappa shape index (κ2) is 5.31. The predicted octanol–water partition coefficient (Wildman–Crippen LogP) is 1.68. The molecular formula is C12H14N4O2. The second-order valence-electron chi connectivity index (χ2n) is 3.55. The standard InChI is InChI=1S/C12H14N4O2/c1-3-13-12-15-7-14-11(16-12)9-6-8(18-2)4-5-10(9)17/h4-7,17H,3H2,1-2H3,(H,13,14,15,16). The third-order valence-corrected chi connectivity index (χ3v) is 2.35. The number of benzene rings is 1. The maximum Gasteiger partial charge on any atom is 0.226 e. The van der Waals surface area contributed by atoms with E-state index in [1.807, 2.05) is 6.92 Å². The highest BCUT2D eigenvalue weighted by atomic mass is 16.5. The molecule has 0 radical (unpaired) electrons. The van der Waals surface area contributed by atoms with Crippen LogP contribution in [0.15, 0.2) is 24.5 Å². The van der Waals surface area contributed by atoms with Gasteiger partial charge in [0.1, 0.15) is 17.8 Å². The second-order valence-corrected chi connectivity index (χ2v) is 3.55. The van der Waals surface area contributed by atoms with E-state index in [0.29, 0.717) is 29.6 Å². The number of methoxy groups -OCH3 is 1. The molecule has 2 aromatic rings. The number of rotatable bonds is 4. The molecule has 0 unspecified atom stereocenters. The van der Waals surface area contributed by atoms with Gasteiger partial charge in [-0.2, -0.15) is 4.98 Å². The summed E-state index contributed by atoms with van der Waals surface area (Å²) in [5, 5.41) is 12.8. The zero-order chi connectivity index (χ0) is 13.0. The fourth-order valence-electron chi connectivity index (χ4n) is 1.49. The molecule has 6 heteroatoms. The van der Waals surface area contributed by atoms with Gasteiger partial charge >= 0.3 is 0 Å². The van der Waals surface area contributed by atoms with Gasteiger partial charge in [-0.25, -0.2) is 9.97 Å². The molecular weight excluding hydrogens is 232 g/mol. The first-order valence-corrected chi connectivity index (χ1v) is 5.55. The summed E-state index contributed by atoms with van der Waals surface area (Å²) < 4.78 is 5.11. The highest BCUT2D eigenvalue weighted by Crippen LogP contribution is 2.30. The summed E-state index contributed by atoms with van der Waals surface area (Å²) in [6, 6.07) is 4.90. The number of nitrogens with zero attached hydrogens (tertiary/aromatic N) is 3. The maximum absolute atomic E-state index is 9.83. The van der Waals surface area contributed by atoms with E-state index in [-0.39, 0.29) is 5.75 Å². The molecule has 0 amide bonds. The van der Waals surface area contributed by atoms with Gasteiger partial charge in [-0.1, -0.05) is 0 Å². The minimum Gasteiger partial charge on any atom is -0.507 e. The summed E-state index contributed by atoms with van der Waals surface area (Å²) in [6.07, 6.45) is 1.40. The van der Waals surface area contributed by atoms with Crippen LogP contribution in [-0.2, 0) is 0 Å². The largest absolute Gasteiger partial charge is 0.507 e. The van der Waals surface area contributed by atoms with Gasteiger partial charge < -0.3 is 15.2 Å². The Morgan fingerprint density at radius 1 is 1.33 bits per heavy atom. The lowest BCUT2D eigenvalue weighted by Crippen LogP contribution is -2.03. The van der Waals surface area contributed by atoms with Gasteiger partial charge in [0.25, 0.3) is 0 Å². The van der Waals surface area contributed by atoms with E-state index in [4.69, 9.17) is 4.74 Å². The number of hydrogen-bond donors (Lipinski definition) is 2. The molecule has 0 saturated heterocycles. The number of ether oxygens (including phenoxy) is 1. The van der Waals surface area contributed by atoms with Crippen molar-refractivity contribution in [2.45, 2.75) is 6.92 Å². The average molecular weight is 246 g/mol. The molecule has 0 aliphatic carbocycles. The van der Waals surface area contributed by atoms with Crippen LogP contribution < -0.4 is 10.1 Å². The van der Waals surface area contributed by atoms with Gasteiger partial charge in [0.2, 0.25) is 5.95 Å². The lowest BCUT2D eigenvalue weighted by Gasteiger charge is -2.07. The van der Waals surface area contributed by atoms with Crippen LogP contribution >= 0.6 is 0 Å². The lowest BCUT2D eigenvalue weighted by molar-refractivity contribution is 0.412. The summed E-state index contributed by atoms with van der Waals surface area (Å²) in [5.74, 6) is 1.61. The van der Waals surface area contributed by atoms with Gasteiger partial charge in [-0.05, 0) is 25.1 Å². The van der Waals surface area contributed by atoms with Gasteiger partial charge in [0, 0.05) is 6.54 Å². The highest BCUT2D eigenvalue weighted by Gasteiger charge is 2.10. The van der Waals surface area contributed by atoms with E-state index in [1.165, 1.54) is 6.33 Å². The Bertz CT molecular complexity index is 545. The van der Waals surface area contributed by atoms with E-state index in [9.17, 15) is 5.11 Å². The molecule has 94 valence electrons. The van der Waals surface area contributed by atoms with Crippen molar-refractivity contribution in [2.24, 2.45) is 0 Å². The number of hydrogen-bond acceptors (Lipinski definition) is 6. The number of anilines is 1. The summed E-state index contributed by atoms with van der Waals surface area (Å²) in [5.41, 5.74) is 0.510. The van der Waals surface area contributed by atoms with Crippen LogP contribution in [-0.4, -0.2) is 33.7 Å². The Hall–Kier alpha value is -2.37. The Balaban J connectivity index is 2.44. The van der Waals surface area contributed by atoms with Crippen molar-refractivity contribution in [3.8, 4) is 22.9 Å². The van der Waals surface area contributed by atoms with E-state index in [2.05, 4.69) is 20.3 Å². The van der Waals surface area contributed by atoms with E-state index >= 15 is 0 Å². The summed E-state index contributed by atoms with van der Waals surface area (Å²) in [4.78, 5) is 12.3. The zero-order valence-corrected chi connectivity index (χ0v) is 10.2. The van der Waals surface area contributed by atoms with E-state index in [1.54, 1.807) is 25.3 Å². The predicted molar refractivity (Wildman–Crippen MR) is 67.6 cm³/mol. The minimum absolute atomic E-state index is 0.101. The number of phenols is 1. The molecule has 0 spiro atoms. The number of phenolic OH excluding ortho intramolecular Hbond substituents is 1. The molecule has 0 aliphatic rings. The Labute approximate surface area is 105 Å². The van der Waals surface area contributed by atoms with Crippen LogP contribution in [0.1, 0.15) is 6.92 Å². The molecule has 1 aromatic carbocycles. The van der Waals surface area contributed by atoms with Crippen molar-refractivity contribution in [1.29, 1.82) is 0 Å². The summed E-state index contributed by atoms with van der Waals surface area (Å²) >= 11 is 0. The smallest absolute Gasteiger partial charge is 0.226 e. The quantitative estimate of drug-likeness (QED) is 0.854. The molecule has 0 saturated carbocycles. The SMILES string of the molecule is CCNc1ncnc(-c2cc(OC)ccc2O)n1. The fourth-order valence-corrected chi connectivity index (χ4v) is 1.49. The minimum atomic E-state index is 0.101.